The highest BCUT2D eigenvalue weighted by atomic mass is 79.9. The number of halogens is 2. The first kappa shape index (κ1) is 12.6. The molecule has 86 valence electrons. The fraction of sp³-hybridized carbons (Fsp3) is 0.200. The molecular weight excluding hydrogens is 281 g/mol. The Kier molecular flexibility index (Phi) is 4.00. The van der Waals surface area contributed by atoms with Crippen molar-refractivity contribution in [2.24, 2.45) is 0 Å². The Morgan fingerprint density at radius 2 is 2.12 bits per heavy atom. The maximum Gasteiger partial charge on any atom is 0.325 e. The van der Waals surface area contributed by atoms with E-state index in [4.69, 9.17) is 5.11 Å². The van der Waals surface area contributed by atoms with Gasteiger partial charge in [-0.15, -0.1) is 0 Å². The number of carboxylic acid groups (broad SMARTS) is 1. The van der Waals surface area contributed by atoms with E-state index in [0.717, 1.165) is 6.07 Å². The molecule has 0 bridgehead atoms. The standard InChI is InChI=1S/C10H9BrFNO3/c1-5(10(15)16)13-9(14)7-3-2-6(11)4-8(7)12/h2-5H,1H3,(H,13,14)(H,15,16). The predicted molar refractivity (Wildman–Crippen MR) is 58.7 cm³/mol. The maximum atomic E-state index is 13.3. The Morgan fingerprint density at radius 3 is 2.62 bits per heavy atom. The van der Waals surface area contributed by atoms with Crippen LogP contribution in [0, 0.1) is 5.82 Å². The SMILES string of the molecule is CC(NC(=O)c1ccc(Br)cc1F)C(=O)O. The van der Waals surface area contributed by atoms with Crippen molar-refractivity contribution < 1.29 is 19.1 Å². The zero-order valence-electron chi connectivity index (χ0n) is 8.33. The van der Waals surface area contributed by atoms with Crippen molar-refractivity contribution in [1.82, 2.24) is 5.32 Å². The molecule has 0 fully saturated rings. The second-order valence-corrected chi connectivity index (χ2v) is 4.07. The summed E-state index contributed by atoms with van der Waals surface area (Å²) < 4.78 is 13.8. The van der Waals surface area contributed by atoms with Crippen molar-refractivity contribution >= 4 is 27.8 Å². The quantitative estimate of drug-likeness (QED) is 0.892. The van der Waals surface area contributed by atoms with E-state index in [-0.39, 0.29) is 5.56 Å². The summed E-state index contributed by atoms with van der Waals surface area (Å²) in [5.41, 5.74) is -0.184. The van der Waals surface area contributed by atoms with Gasteiger partial charge >= 0.3 is 5.97 Å². The number of carbonyl (C=O) groups is 2. The van der Waals surface area contributed by atoms with Gasteiger partial charge in [-0.1, -0.05) is 15.9 Å². The summed E-state index contributed by atoms with van der Waals surface area (Å²) in [6.07, 6.45) is 0. The molecule has 2 N–H and O–H groups in total. The summed E-state index contributed by atoms with van der Waals surface area (Å²) in [6.45, 7) is 1.30. The van der Waals surface area contributed by atoms with Crippen molar-refractivity contribution in [2.75, 3.05) is 0 Å². The Balaban J connectivity index is 2.85. The molecule has 0 saturated carbocycles. The Morgan fingerprint density at radius 1 is 1.50 bits per heavy atom. The number of rotatable bonds is 3. The summed E-state index contributed by atoms with van der Waals surface area (Å²) >= 11 is 3.05. The lowest BCUT2D eigenvalue weighted by atomic mass is 10.2. The van der Waals surface area contributed by atoms with Crippen LogP contribution in [0.25, 0.3) is 0 Å². The van der Waals surface area contributed by atoms with E-state index in [1.165, 1.54) is 19.1 Å². The lowest BCUT2D eigenvalue weighted by Crippen LogP contribution is -2.38. The van der Waals surface area contributed by atoms with Crippen LogP contribution in [0.15, 0.2) is 22.7 Å². The van der Waals surface area contributed by atoms with E-state index in [0.29, 0.717) is 4.47 Å². The summed E-state index contributed by atoms with van der Waals surface area (Å²) in [7, 11) is 0. The van der Waals surface area contributed by atoms with Gasteiger partial charge in [0.25, 0.3) is 5.91 Å². The molecule has 0 aliphatic heterocycles. The number of benzene rings is 1. The summed E-state index contributed by atoms with van der Waals surface area (Å²) in [4.78, 5) is 22.0. The van der Waals surface area contributed by atoms with Gasteiger partial charge < -0.3 is 10.4 Å². The fourth-order valence-corrected chi connectivity index (χ4v) is 1.34. The van der Waals surface area contributed by atoms with Crippen LogP contribution in [0.5, 0.6) is 0 Å². The zero-order chi connectivity index (χ0) is 12.3. The van der Waals surface area contributed by atoms with E-state index in [2.05, 4.69) is 21.2 Å². The molecule has 0 heterocycles. The molecule has 0 aromatic heterocycles. The van der Waals surface area contributed by atoms with Crippen LogP contribution in [-0.2, 0) is 4.79 Å². The minimum atomic E-state index is -1.18. The number of hydrogen-bond donors (Lipinski definition) is 2. The molecule has 0 spiro atoms. The van der Waals surface area contributed by atoms with Crippen LogP contribution < -0.4 is 5.32 Å². The largest absolute Gasteiger partial charge is 0.480 e. The predicted octanol–water partition coefficient (Wildman–Crippen LogP) is 1.79. The van der Waals surface area contributed by atoms with Gasteiger partial charge in [-0.2, -0.15) is 0 Å². The number of aliphatic carboxylic acids is 1. The maximum absolute atomic E-state index is 13.3. The van der Waals surface area contributed by atoms with Crippen LogP contribution in [0.1, 0.15) is 17.3 Å². The Labute approximate surface area is 99.6 Å². The molecular formula is C10H9BrFNO3. The van der Waals surface area contributed by atoms with Gasteiger partial charge in [-0.3, -0.25) is 9.59 Å². The molecule has 6 heteroatoms. The van der Waals surface area contributed by atoms with Gasteiger partial charge in [0.2, 0.25) is 0 Å². The second kappa shape index (κ2) is 5.07. The van der Waals surface area contributed by atoms with Crippen LogP contribution in [0.2, 0.25) is 0 Å². The molecule has 0 saturated heterocycles. The van der Waals surface area contributed by atoms with Gasteiger partial charge in [-0.25, -0.2) is 4.39 Å². The van der Waals surface area contributed by atoms with Gasteiger partial charge in [-0.05, 0) is 25.1 Å². The van der Waals surface area contributed by atoms with E-state index in [9.17, 15) is 14.0 Å². The van der Waals surface area contributed by atoms with Crippen molar-refractivity contribution in [3.05, 3.63) is 34.1 Å². The van der Waals surface area contributed by atoms with Crippen molar-refractivity contribution in [1.29, 1.82) is 0 Å². The van der Waals surface area contributed by atoms with E-state index in [1.54, 1.807) is 0 Å². The van der Waals surface area contributed by atoms with Crippen LogP contribution in [0.4, 0.5) is 4.39 Å². The third-order valence-corrected chi connectivity index (χ3v) is 2.39. The van der Waals surface area contributed by atoms with Gasteiger partial charge in [0.15, 0.2) is 0 Å². The third kappa shape index (κ3) is 3.03. The van der Waals surface area contributed by atoms with Gasteiger partial charge in [0, 0.05) is 4.47 Å². The molecule has 1 amide bonds. The van der Waals surface area contributed by atoms with E-state index < -0.39 is 23.7 Å². The monoisotopic (exact) mass is 289 g/mol. The summed E-state index contributed by atoms with van der Waals surface area (Å²) in [6, 6.07) is 2.86. The molecule has 1 unspecified atom stereocenters. The first-order valence-electron chi connectivity index (χ1n) is 4.40. The first-order valence-corrected chi connectivity index (χ1v) is 5.20. The van der Waals surface area contributed by atoms with E-state index in [1.807, 2.05) is 0 Å². The lowest BCUT2D eigenvalue weighted by Gasteiger charge is -2.09. The Bertz CT molecular complexity index is 436. The van der Waals surface area contributed by atoms with Crippen LogP contribution in [0.3, 0.4) is 0 Å². The van der Waals surface area contributed by atoms with Gasteiger partial charge in [0.1, 0.15) is 11.9 Å². The Hall–Kier alpha value is -1.43. The second-order valence-electron chi connectivity index (χ2n) is 3.16. The number of carbonyl (C=O) groups excluding carboxylic acids is 1. The molecule has 1 aromatic rings. The topological polar surface area (TPSA) is 66.4 Å². The first-order chi connectivity index (χ1) is 7.41. The molecule has 0 aliphatic rings. The average molecular weight is 290 g/mol. The highest BCUT2D eigenvalue weighted by Gasteiger charge is 2.17. The number of hydrogen-bond acceptors (Lipinski definition) is 2. The molecule has 0 aliphatic carbocycles. The number of nitrogens with one attached hydrogen (secondary N) is 1. The summed E-state index contributed by atoms with van der Waals surface area (Å²) in [5.74, 6) is -2.63. The van der Waals surface area contributed by atoms with Crippen molar-refractivity contribution in [2.45, 2.75) is 13.0 Å². The van der Waals surface area contributed by atoms with Crippen LogP contribution >= 0.6 is 15.9 Å². The number of carboxylic acids is 1. The zero-order valence-corrected chi connectivity index (χ0v) is 9.92. The average Bonchev–Trinajstić information content (AvgIpc) is 2.16. The molecule has 0 radical (unpaired) electrons. The summed E-state index contributed by atoms with van der Waals surface area (Å²) in [5, 5.41) is 10.7. The van der Waals surface area contributed by atoms with Crippen molar-refractivity contribution in [3.63, 3.8) is 0 Å². The molecule has 1 rings (SSSR count). The van der Waals surface area contributed by atoms with Crippen LogP contribution in [-0.4, -0.2) is 23.0 Å². The molecule has 4 nitrogen and oxygen atoms in total. The minimum absolute atomic E-state index is 0.184. The minimum Gasteiger partial charge on any atom is -0.480 e. The molecule has 1 atom stereocenters. The van der Waals surface area contributed by atoms with E-state index >= 15 is 0 Å². The fourth-order valence-electron chi connectivity index (χ4n) is 1.01. The highest BCUT2D eigenvalue weighted by Crippen LogP contribution is 2.15. The normalized spacial score (nSPS) is 11.9. The molecule has 16 heavy (non-hydrogen) atoms. The molecule has 1 aromatic carbocycles. The highest BCUT2D eigenvalue weighted by molar-refractivity contribution is 9.10. The third-order valence-electron chi connectivity index (χ3n) is 1.89. The van der Waals surface area contributed by atoms with Crippen molar-refractivity contribution in [3.8, 4) is 0 Å². The smallest absolute Gasteiger partial charge is 0.325 e. The lowest BCUT2D eigenvalue weighted by molar-refractivity contribution is -0.138. The van der Waals surface area contributed by atoms with Gasteiger partial charge in [0.05, 0.1) is 5.56 Å². The number of amides is 1.